The zero-order valence-electron chi connectivity index (χ0n) is 10.9. The first-order valence-corrected chi connectivity index (χ1v) is 6.52. The molecule has 94 valence electrons. The van der Waals surface area contributed by atoms with E-state index < -0.39 is 0 Å². The van der Waals surface area contributed by atoms with Crippen LogP contribution in [0.2, 0.25) is 0 Å². The molecule has 1 aromatic heterocycles. The Morgan fingerprint density at radius 3 is 2.89 bits per heavy atom. The van der Waals surface area contributed by atoms with Gasteiger partial charge in [-0.15, -0.1) is 0 Å². The van der Waals surface area contributed by atoms with Gasteiger partial charge >= 0.3 is 0 Å². The molecule has 1 aromatic carbocycles. The van der Waals surface area contributed by atoms with Crippen molar-refractivity contribution in [3.8, 4) is 6.07 Å². The molecule has 0 saturated heterocycles. The minimum absolute atomic E-state index is 0.614. The molecule has 1 aliphatic carbocycles. The van der Waals surface area contributed by atoms with Crippen molar-refractivity contribution >= 4 is 11.5 Å². The number of pyridine rings is 1. The summed E-state index contributed by atoms with van der Waals surface area (Å²) in [4.78, 5) is 4.27. The first-order chi connectivity index (χ1) is 9.28. The summed E-state index contributed by atoms with van der Waals surface area (Å²) in [6, 6.07) is 10.5. The molecule has 0 amide bonds. The Balaban J connectivity index is 1.94. The van der Waals surface area contributed by atoms with Crippen LogP contribution in [0.3, 0.4) is 0 Å². The van der Waals surface area contributed by atoms with Gasteiger partial charge in [-0.1, -0.05) is 6.07 Å². The summed E-state index contributed by atoms with van der Waals surface area (Å²) in [5.74, 6) is 0.639. The number of hydrogen-bond acceptors (Lipinski definition) is 3. The van der Waals surface area contributed by atoms with Crippen molar-refractivity contribution in [2.45, 2.75) is 26.2 Å². The number of rotatable bonds is 2. The number of anilines is 2. The number of aryl methyl sites for hydroxylation is 3. The first kappa shape index (κ1) is 11.7. The van der Waals surface area contributed by atoms with Gasteiger partial charge in [0.05, 0.1) is 5.56 Å². The fourth-order valence-corrected chi connectivity index (χ4v) is 2.58. The van der Waals surface area contributed by atoms with Crippen molar-refractivity contribution in [3.05, 3.63) is 52.7 Å². The summed E-state index contributed by atoms with van der Waals surface area (Å²) in [5, 5.41) is 12.5. The summed E-state index contributed by atoms with van der Waals surface area (Å²) in [7, 11) is 0. The Labute approximate surface area is 112 Å². The van der Waals surface area contributed by atoms with Crippen LogP contribution < -0.4 is 5.32 Å². The third-order valence-corrected chi connectivity index (χ3v) is 3.63. The average Bonchev–Trinajstić information content (AvgIpc) is 2.86. The molecule has 0 saturated carbocycles. The Hall–Kier alpha value is -2.34. The van der Waals surface area contributed by atoms with Crippen LogP contribution in [-0.2, 0) is 12.8 Å². The zero-order chi connectivity index (χ0) is 13.2. The van der Waals surface area contributed by atoms with Gasteiger partial charge in [-0.2, -0.15) is 5.26 Å². The second-order valence-electron chi connectivity index (χ2n) is 4.93. The van der Waals surface area contributed by atoms with Crippen LogP contribution in [0.25, 0.3) is 0 Å². The molecule has 2 aromatic rings. The quantitative estimate of drug-likeness (QED) is 0.886. The molecule has 0 radical (unpaired) electrons. The van der Waals surface area contributed by atoms with Crippen LogP contribution in [0.15, 0.2) is 30.5 Å². The van der Waals surface area contributed by atoms with E-state index in [4.69, 9.17) is 0 Å². The standard InChI is InChI=1S/C16H15N3/c1-11-7-8-18-16(15(11)10-17)19-14-6-5-12-3-2-4-13(12)9-14/h5-9H,2-4H2,1H3,(H,18,19). The maximum Gasteiger partial charge on any atom is 0.148 e. The molecule has 0 atom stereocenters. The predicted octanol–water partition coefficient (Wildman–Crippen LogP) is 3.49. The average molecular weight is 249 g/mol. The van der Waals surface area contributed by atoms with E-state index in [9.17, 15) is 5.26 Å². The van der Waals surface area contributed by atoms with Crippen molar-refractivity contribution in [2.24, 2.45) is 0 Å². The van der Waals surface area contributed by atoms with E-state index in [0.29, 0.717) is 11.4 Å². The number of benzene rings is 1. The molecule has 1 aliphatic rings. The predicted molar refractivity (Wildman–Crippen MR) is 75.4 cm³/mol. The van der Waals surface area contributed by atoms with E-state index in [0.717, 1.165) is 17.7 Å². The van der Waals surface area contributed by atoms with Crippen LogP contribution >= 0.6 is 0 Å². The molecule has 0 aliphatic heterocycles. The Morgan fingerprint density at radius 1 is 1.21 bits per heavy atom. The topological polar surface area (TPSA) is 48.7 Å². The number of nitrogens with zero attached hydrogens (tertiary/aromatic N) is 2. The molecule has 3 nitrogen and oxygen atoms in total. The molecule has 3 heteroatoms. The third-order valence-electron chi connectivity index (χ3n) is 3.63. The van der Waals surface area contributed by atoms with Crippen LogP contribution in [-0.4, -0.2) is 4.98 Å². The number of nitriles is 1. The Kier molecular flexibility index (Phi) is 2.92. The lowest BCUT2D eigenvalue weighted by molar-refractivity contribution is 0.912. The minimum atomic E-state index is 0.614. The van der Waals surface area contributed by atoms with E-state index >= 15 is 0 Å². The van der Waals surface area contributed by atoms with Gasteiger partial charge in [-0.3, -0.25) is 0 Å². The highest BCUT2D eigenvalue weighted by atomic mass is 15.0. The minimum Gasteiger partial charge on any atom is -0.339 e. The number of fused-ring (bicyclic) bond motifs is 1. The Morgan fingerprint density at radius 2 is 2.05 bits per heavy atom. The fourth-order valence-electron chi connectivity index (χ4n) is 2.58. The fraction of sp³-hybridized carbons (Fsp3) is 0.250. The summed E-state index contributed by atoms with van der Waals surface area (Å²) in [6.07, 6.45) is 5.30. The summed E-state index contributed by atoms with van der Waals surface area (Å²) in [6.45, 7) is 1.92. The molecule has 0 fully saturated rings. The van der Waals surface area contributed by atoms with Gasteiger partial charge in [-0.05, 0) is 61.1 Å². The van der Waals surface area contributed by atoms with Crippen molar-refractivity contribution in [1.29, 1.82) is 5.26 Å². The molecular weight excluding hydrogens is 234 g/mol. The second-order valence-corrected chi connectivity index (χ2v) is 4.93. The van der Waals surface area contributed by atoms with Gasteiger partial charge in [0.1, 0.15) is 11.9 Å². The van der Waals surface area contributed by atoms with E-state index in [1.807, 2.05) is 13.0 Å². The summed E-state index contributed by atoms with van der Waals surface area (Å²) in [5.41, 5.74) is 5.43. The summed E-state index contributed by atoms with van der Waals surface area (Å²) < 4.78 is 0. The van der Waals surface area contributed by atoms with E-state index in [1.165, 1.54) is 24.0 Å². The normalized spacial score (nSPS) is 12.8. The lowest BCUT2D eigenvalue weighted by Crippen LogP contribution is -1.99. The first-order valence-electron chi connectivity index (χ1n) is 6.52. The molecule has 0 spiro atoms. The van der Waals surface area contributed by atoms with Crippen LogP contribution in [0.1, 0.15) is 28.7 Å². The molecule has 1 heterocycles. The monoisotopic (exact) mass is 249 g/mol. The molecule has 19 heavy (non-hydrogen) atoms. The van der Waals surface area contributed by atoms with Gasteiger partial charge in [0, 0.05) is 11.9 Å². The second kappa shape index (κ2) is 4.74. The molecule has 3 rings (SSSR count). The maximum absolute atomic E-state index is 9.20. The maximum atomic E-state index is 9.20. The highest BCUT2D eigenvalue weighted by molar-refractivity contribution is 5.65. The molecule has 1 N–H and O–H groups in total. The van der Waals surface area contributed by atoms with Crippen LogP contribution in [0, 0.1) is 18.3 Å². The van der Waals surface area contributed by atoms with Gasteiger partial charge in [0.15, 0.2) is 0 Å². The van der Waals surface area contributed by atoms with Gasteiger partial charge in [-0.25, -0.2) is 4.98 Å². The highest BCUT2D eigenvalue weighted by Gasteiger charge is 2.12. The largest absolute Gasteiger partial charge is 0.339 e. The molecular formula is C16H15N3. The number of hydrogen-bond donors (Lipinski definition) is 1. The zero-order valence-corrected chi connectivity index (χ0v) is 10.9. The highest BCUT2D eigenvalue weighted by Crippen LogP contribution is 2.27. The van der Waals surface area contributed by atoms with Crippen LogP contribution in [0.4, 0.5) is 11.5 Å². The van der Waals surface area contributed by atoms with E-state index in [2.05, 4.69) is 34.6 Å². The van der Waals surface area contributed by atoms with Crippen molar-refractivity contribution in [1.82, 2.24) is 4.98 Å². The third kappa shape index (κ3) is 2.17. The van der Waals surface area contributed by atoms with E-state index in [1.54, 1.807) is 6.20 Å². The van der Waals surface area contributed by atoms with Crippen molar-refractivity contribution in [3.63, 3.8) is 0 Å². The van der Waals surface area contributed by atoms with Gasteiger partial charge in [0.25, 0.3) is 0 Å². The van der Waals surface area contributed by atoms with Gasteiger partial charge < -0.3 is 5.32 Å². The van der Waals surface area contributed by atoms with E-state index in [-0.39, 0.29) is 0 Å². The molecule has 0 bridgehead atoms. The van der Waals surface area contributed by atoms with Crippen molar-refractivity contribution < 1.29 is 0 Å². The lowest BCUT2D eigenvalue weighted by Gasteiger charge is -2.10. The SMILES string of the molecule is Cc1ccnc(Nc2ccc3c(c2)CCC3)c1C#N. The lowest BCUT2D eigenvalue weighted by atomic mass is 10.1. The van der Waals surface area contributed by atoms with Crippen molar-refractivity contribution in [2.75, 3.05) is 5.32 Å². The summed E-state index contributed by atoms with van der Waals surface area (Å²) >= 11 is 0. The Bertz CT molecular complexity index is 668. The number of aromatic nitrogens is 1. The smallest absolute Gasteiger partial charge is 0.148 e. The molecule has 0 unspecified atom stereocenters. The number of nitrogens with one attached hydrogen (secondary N) is 1. The van der Waals surface area contributed by atoms with Gasteiger partial charge in [0.2, 0.25) is 0 Å². The van der Waals surface area contributed by atoms with Crippen LogP contribution in [0.5, 0.6) is 0 Å².